The van der Waals surface area contributed by atoms with Gasteiger partial charge in [-0.1, -0.05) is 11.6 Å². The number of likely N-dealkylation sites (N-methyl/N-ethyl adjacent to an activating group) is 1. The van der Waals surface area contributed by atoms with E-state index in [1.54, 1.807) is 24.3 Å². The lowest BCUT2D eigenvalue weighted by Gasteiger charge is -2.11. The molecule has 0 aliphatic carbocycles. The van der Waals surface area contributed by atoms with Crippen LogP contribution in [0.3, 0.4) is 0 Å². The normalized spacial score (nSPS) is 11.6. The average Bonchev–Trinajstić information content (AvgIpc) is 2.44. The summed E-state index contributed by atoms with van der Waals surface area (Å²) in [5.74, 6) is -1.14. The molecule has 1 atom stereocenters. The quantitative estimate of drug-likeness (QED) is 0.644. The molecule has 1 aromatic rings. The number of benzene rings is 1. The Morgan fingerprint density at radius 2 is 1.80 bits per heavy atom. The summed E-state index contributed by atoms with van der Waals surface area (Å²) in [7, 11) is 1.46. The lowest BCUT2D eigenvalue weighted by Crippen LogP contribution is -2.33. The minimum atomic E-state index is -0.863. The van der Waals surface area contributed by atoms with Crippen molar-refractivity contribution in [2.45, 2.75) is 25.9 Å². The van der Waals surface area contributed by atoms with E-state index < -0.39 is 12.1 Å². The van der Waals surface area contributed by atoms with Crippen molar-refractivity contribution < 1.29 is 19.1 Å². The highest BCUT2D eigenvalue weighted by Crippen LogP contribution is 2.12. The molecule has 0 unspecified atom stereocenters. The van der Waals surface area contributed by atoms with E-state index in [0.717, 1.165) is 0 Å². The first kappa shape index (κ1) is 16.2. The second kappa shape index (κ2) is 7.65. The molecule has 1 aromatic carbocycles. The zero-order valence-corrected chi connectivity index (χ0v) is 12.1. The van der Waals surface area contributed by atoms with E-state index in [2.05, 4.69) is 5.32 Å². The Morgan fingerprint density at radius 1 is 1.20 bits per heavy atom. The maximum atomic E-state index is 11.8. The van der Waals surface area contributed by atoms with Gasteiger partial charge in [-0.25, -0.2) is 0 Å². The molecule has 108 valence electrons. The number of amides is 1. The van der Waals surface area contributed by atoms with Crippen LogP contribution < -0.4 is 5.32 Å². The van der Waals surface area contributed by atoms with Crippen molar-refractivity contribution >= 4 is 29.3 Å². The second-order valence-electron chi connectivity index (χ2n) is 4.18. The zero-order valence-electron chi connectivity index (χ0n) is 11.3. The number of Topliss-reactive ketones (excluding diaryl/α,β-unsaturated/α-hetero) is 1. The van der Waals surface area contributed by atoms with Gasteiger partial charge < -0.3 is 10.1 Å². The third kappa shape index (κ3) is 5.01. The Labute approximate surface area is 122 Å². The predicted octanol–water partition coefficient (Wildman–Crippen LogP) is 1.98. The fraction of sp³-hybridized carbons (Fsp3) is 0.357. The van der Waals surface area contributed by atoms with Crippen LogP contribution in [0.1, 0.15) is 30.1 Å². The number of ether oxygens (including phenoxy) is 1. The van der Waals surface area contributed by atoms with Crippen LogP contribution in [-0.2, 0) is 14.3 Å². The lowest BCUT2D eigenvalue weighted by atomic mass is 10.1. The van der Waals surface area contributed by atoms with Crippen molar-refractivity contribution in [3.05, 3.63) is 34.9 Å². The molecule has 0 radical (unpaired) electrons. The number of carbonyl (C=O) groups excluding carboxylic acids is 3. The summed E-state index contributed by atoms with van der Waals surface area (Å²) in [6.45, 7) is 1.47. The van der Waals surface area contributed by atoms with E-state index in [1.807, 2.05) is 0 Å². The third-order valence-corrected chi connectivity index (χ3v) is 2.90. The van der Waals surface area contributed by atoms with Gasteiger partial charge in [-0.2, -0.15) is 0 Å². The van der Waals surface area contributed by atoms with Crippen molar-refractivity contribution in [3.63, 3.8) is 0 Å². The lowest BCUT2D eigenvalue weighted by molar-refractivity contribution is -0.154. The monoisotopic (exact) mass is 297 g/mol. The van der Waals surface area contributed by atoms with Gasteiger partial charge in [-0.15, -0.1) is 0 Å². The fourth-order valence-corrected chi connectivity index (χ4v) is 1.63. The molecule has 0 aromatic heterocycles. The first-order valence-corrected chi connectivity index (χ1v) is 6.51. The van der Waals surface area contributed by atoms with Crippen LogP contribution in [0.15, 0.2) is 24.3 Å². The molecule has 0 fully saturated rings. The first-order valence-electron chi connectivity index (χ1n) is 6.14. The van der Waals surface area contributed by atoms with Crippen molar-refractivity contribution in [1.82, 2.24) is 5.32 Å². The molecule has 20 heavy (non-hydrogen) atoms. The molecular weight excluding hydrogens is 282 g/mol. The van der Waals surface area contributed by atoms with E-state index in [4.69, 9.17) is 16.3 Å². The summed E-state index contributed by atoms with van der Waals surface area (Å²) in [6.07, 6.45) is -0.901. The Kier molecular flexibility index (Phi) is 6.18. The molecule has 0 aliphatic heterocycles. The topological polar surface area (TPSA) is 72.5 Å². The summed E-state index contributed by atoms with van der Waals surface area (Å²) in [6, 6.07) is 6.42. The standard InChI is InChI=1S/C14H16ClNO4/c1-9(14(19)16-2)20-13(18)8-7-12(17)10-3-5-11(15)6-4-10/h3-6,9H,7-8H2,1-2H3,(H,16,19)/t9-/m1/s1. The molecule has 6 heteroatoms. The number of carbonyl (C=O) groups is 3. The Morgan fingerprint density at radius 3 is 2.35 bits per heavy atom. The number of ketones is 1. The molecule has 1 N–H and O–H groups in total. The van der Waals surface area contributed by atoms with Crippen LogP contribution >= 0.6 is 11.6 Å². The number of rotatable bonds is 6. The maximum Gasteiger partial charge on any atom is 0.307 e. The molecule has 0 saturated carbocycles. The van der Waals surface area contributed by atoms with Gasteiger partial charge in [0.2, 0.25) is 0 Å². The van der Waals surface area contributed by atoms with Crippen molar-refractivity contribution in [2.75, 3.05) is 7.05 Å². The molecule has 0 heterocycles. The van der Waals surface area contributed by atoms with Gasteiger partial charge in [0, 0.05) is 24.1 Å². The molecule has 0 saturated heterocycles. The third-order valence-electron chi connectivity index (χ3n) is 2.65. The smallest absolute Gasteiger partial charge is 0.307 e. The summed E-state index contributed by atoms with van der Waals surface area (Å²) >= 11 is 5.72. The summed E-state index contributed by atoms with van der Waals surface area (Å²) in [5.41, 5.74) is 0.488. The number of halogens is 1. The van der Waals surface area contributed by atoms with Crippen molar-refractivity contribution in [1.29, 1.82) is 0 Å². The molecule has 0 spiro atoms. The van der Waals surface area contributed by atoms with Gasteiger partial charge in [0.1, 0.15) is 0 Å². The second-order valence-corrected chi connectivity index (χ2v) is 4.61. The van der Waals surface area contributed by atoms with Crippen molar-refractivity contribution in [2.24, 2.45) is 0 Å². The predicted molar refractivity (Wildman–Crippen MR) is 74.6 cm³/mol. The van der Waals surface area contributed by atoms with Crippen LogP contribution in [0.5, 0.6) is 0 Å². The van der Waals surface area contributed by atoms with Gasteiger partial charge in [0.25, 0.3) is 5.91 Å². The molecule has 0 aliphatic rings. The SMILES string of the molecule is CNC(=O)[C@@H](C)OC(=O)CCC(=O)c1ccc(Cl)cc1. The van der Waals surface area contributed by atoms with Gasteiger partial charge in [0.15, 0.2) is 11.9 Å². The maximum absolute atomic E-state index is 11.8. The largest absolute Gasteiger partial charge is 0.453 e. The van der Waals surface area contributed by atoms with Crippen LogP contribution in [-0.4, -0.2) is 30.8 Å². The average molecular weight is 298 g/mol. The van der Waals surface area contributed by atoms with E-state index in [1.165, 1.54) is 14.0 Å². The van der Waals surface area contributed by atoms with E-state index in [-0.39, 0.29) is 24.5 Å². The van der Waals surface area contributed by atoms with Crippen LogP contribution in [0.2, 0.25) is 5.02 Å². The Bertz CT molecular complexity index is 498. The summed E-state index contributed by atoms with van der Waals surface area (Å²) in [5, 5.41) is 2.91. The zero-order chi connectivity index (χ0) is 15.1. The highest BCUT2D eigenvalue weighted by Gasteiger charge is 2.17. The number of esters is 1. The Balaban J connectivity index is 2.43. The summed E-state index contributed by atoms with van der Waals surface area (Å²) < 4.78 is 4.88. The molecule has 5 nitrogen and oxygen atoms in total. The number of nitrogens with one attached hydrogen (secondary N) is 1. The van der Waals surface area contributed by atoms with Crippen LogP contribution in [0.4, 0.5) is 0 Å². The van der Waals surface area contributed by atoms with Crippen LogP contribution in [0, 0.1) is 0 Å². The first-order chi connectivity index (χ1) is 9.43. The highest BCUT2D eigenvalue weighted by atomic mass is 35.5. The highest BCUT2D eigenvalue weighted by molar-refractivity contribution is 6.30. The van der Waals surface area contributed by atoms with Gasteiger partial charge in [-0.05, 0) is 31.2 Å². The minimum absolute atomic E-state index is 0.0287. The fourth-order valence-electron chi connectivity index (χ4n) is 1.51. The number of hydrogen-bond acceptors (Lipinski definition) is 4. The molecule has 0 bridgehead atoms. The van der Waals surface area contributed by atoms with Gasteiger partial charge in [0.05, 0.1) is 6.42 Å². The van der Waals surface area contributed by atoms with Crippen molar-refractivity contribution in [3.8, 4) is 0 Å². The van der Waals surface area contributed by atoms with E-state index in [0.29, 0.717) is 10.6 Å². The van der Waals surface area contributed by atoms with Gasteiger partial charge in [-0.3, -0.25) is 14.4 Å². The van der Waals surface area contributed by atoms with Crippen LogP contribution in [0.25, 0.3) is 0 Å². The molecule has 1 amide bonds. The van der Waals surface area contributed by atoms with E-state index in [9.17, 15) is 14.4 Å². The van der Waals surface area contributed by atoms with E-state index >= 15 is 0 Å². The minimum Gasteiger partial charge on any atom is -0.453 e. The number of hydrogen-bond donors (Lipinski definition) is 1. The van der Waals surface area contributed by atoms with Gasteiger partial charge >= 0.3 is 5.97 Å². The Hall–Kier alpha value is -1.88. The molecular formula is C14H16ClNO4. The summed E-state index contributed by atoms with van der Waals surface area (Å²) in [4.78, 5) is 34.5. The molecule has 1 rings (SSSR count).